The van der Waals surface area contributed by atoms with E-state index in [4.69, 9.17) is 0 Å². The molecule has 0 N–H and O–H groups in total. The molecular formula is C21H19FN2O2S. The van der Waals surface area contributed by atoms with Crippen molar-refractivity contribution < 1.29 is 14.0 Å². The molecule has 1 atom stereocenters. The molecule has 5 rings (SSSR count). The van der Waals surface area contributed by atoms with Crippen LogP contribution in [0.3, 0.4) is 0 Å². The Kier molecular flexibility index (Phi) is 3.79. The summed E-state index contributed by atoms with van der Waals surface area (Å²) in [6.45, 7) is 0.967. The lowest BCUT2D eigenvalue weighted by Crippen LogP contribution is -2.50. The summed E-state index contributed by atoms with van der Waals surface area (Å²) in [5.41, 5.74) is 2.60. The molecule has 27 heavy (non-hydrogen) atoms. The number of benzene rings is 2. The lowest BCUT2D eigenvalue weighted by atomic mass is 10.1. The van der Waals surface area contributed by atoms with Crippen molar-refractivity contribution in [2.45, 2.75) is 24.3 Å². The predicted molar refractivity (Wildman–Crippen MR) is 103 cm³/mol. The van der Waals surface area contributed by atoms with Crippen LogP contribution in [0.4, 0.5) is 10.1 Å². The highest BCUT2D eigenvalue weighted by molar-refractivity contribution is 8.01. The number of amides is 2. The van der Waals surface area contributed by atoms with Crippen LogP contribution in [-0.4, -0.2) is 29.0 Å². The standard InChI is InChI=1S/C21H19FN2O2S/c22-16-9-5-14(6-10-16)13-23-18-4-2-1-3-17(18)21(20(23)26)24(11-12-27-21)19(25)15-7-8-15/h1-6,9-10,15H,7-8,11-13H2/t21-/m0/s1. The molecule has 0 aromatic heterocycles. The monoisotopic (exact) mass is 382 g/mol. The SMILES string of the molecule is O=C(C1CC1)N1CCS[C@@]12C(=O)N(Cc1ccc(F)cc1)c1ccccc12. The van der Waals surface area contributed by atoms with Gasteiger partial charge in [0.25, 0.3) is 5.91 Å². The fourth-order valence-corrected chi connectivity index (χ4v) is 5.54. The maximum Gasteiger partial charge on any atom is 0.268 e. The fraction of sp³-hybridized carbons (Fsp3) is 0.333. The molecule has 0 bridgehead atoms. The number of carbonyl (C=O) groups excluding carboxylic acids is 2. The van der Waals surface area contributed by atoms with Crippen LogP contribution in [0.5, 0.6) is 0 Å². The average Bonchev–Trinajstić information content (AvgIpc) is 3.40. The Hall–Kier alpha value is -2.34. The van der Waals surface area contributed by atoms with Gasteiger partial charge in [-0.25, -0.2) is 4.39 Å². The first-order valence-corrected chi connectivity index (χ1v) is 10.2. The Labute approximate surface area is 161 Å². The number of fused-ring (bicyclic) bond motifs is 2. The summed E-state index contributed by atoms with van der Waals surface area (Å²) in [6, 6.07) is 13.9. The van der Waals surface area contributed by atoms with Gasteiger partial charge in [0.15, 0.2) is 4.87 Å². The lowest BCUT2D eigenvalue weighted by molar-refractivity contribution is -0.141. The fourth-order valence-electron chi connectivity index (χ4n) is 4.07. The molecule has 2 aromatic carbocycles. The van der Waals surface area contributed by atoms with Crippen molar-refractivity contribution in [1.29, 1.82) is 0 Å². The normalized spacial score (nSPS) is 24.0. The smallest absolute Gasteiger partial charge is 0.268 e. The van der Waals surface area contributed by atoms with E-state index in [9.17, 15) is 14.0 Å². The second kappa shape index (κ2) is 6.09. The van der Waals surface area contributed by atoms with Crippen molar-refractivity contribution in [2.75, 3.05) is 17.2 Å². The van der Waals surface area contributed by atoms with E-state index in [1.807, 2.05) is 24.3 Å². The van der Waals surface area contributed by atoms with Gasteiger partial charge in [0.2, 0.25) is 5.91 Å². The number of hydrogen-bond acceptors (Lipinski definition) is 3. The molecule has 2 heterocycles. The number of hydrogen-bond donors (Lipinski definition) is 0. The van der Waals surface area contributed by atoms with Crippen LogP contribution in [0.1, 0.15) is 24.0 Å². The molecular weight excluding hydrogens is 363 g/mol. The molecule has 1 saturated heterocycles. The summed E-state index contributed by atoms with van der Waals surface area (Å²) in [5, 5.41) is 0. The van der Waals surface area contributed by atoms with Gasteiger partial charge in [-0.1, -0.05) is 30.3 Å². The second-order valence-corrected chi connectivity index (χ2v) is 8.58. The largest absolute Gasteiger partial charge is 0.315 e. The van der Waals surface area contributed by atoms with E-state index in [0.29, 0.717) is 13.1 Å². The van der Waals surface area contributed by atoms with Gasteiger partial charge in [0.1, 0.15) is 5.82 Å². The molecule has 2 amide bonds. The summed E-state index contributed by atoms with van der Waals surface area (Å²) in [5.74, 6) is 0.571. The first-order chi connectivity index (χ1) is 13.1. The third kappa shape index (κ3) is 2.50. The zero-order valence-electron chi connectivity index (χ0n) is 14.7. The second-order valence-electron chi connectivity index (χ2n) is 7.29. The Morgan fingerprint density at radius 3 is 2.63 bits per heavy atom. The number of nitrogens with zero attached hydrogens (tertiary/aromatic N) is 2. The molecule has 1 saturated carbocycles. The van der Waals surface area contributed by atoms with Crippen LogP contribution in [0, 0.1) is 11.7 Å². The van der Waals surface area contributed by atoms with Crippen molar-refractivity contribution in [2.24, 2.45) is 5.92 Å². The van der Waals surface area contributed by atoms with E-state index in [1.54, 1.807) is 33.7 Å². The molecule has 0 radical (unpaired) electrons. The minimum atomic E-state index is -0.948. The summed E-state index contributed by atoms with van der Waals surface area (Å²) >= 11 is 1.56. The summed E-state index contributed by atoms with van der Waals surface area (Å²) in [6.07, 6.45) is 1.84. The van der Waals surface area contributed by atoms with Crippen LogP contribution < -0.4 is 4.90 Å². The van der Waals surface area contributed by atoms with E-state index < -0.39 is 4.87 Å². The van der Waals surface area contributed by atoms with Crippen LogP contribution in [-0.2, 0) is 21.0 Å². The summed E-state index contributed by atoms with van der Waals surface area (Å²) in [4.78, 5) is 29.2. The van der Waals surface area contributed by atoms with E-state index in [-0.39, 0.29) is 23.5 Å². The third-order valence-corrected chi connectivity index (χ3v) is 6.97. The minimum absolute atomic E-state index is 0.0653. The molecule has 2 aromatic rings. The Morgan fingerprint density at radius 2 is 1.89 bits per heavy atom. The van der Waals surface area contributed by atoms with Crippen molar-refractivity contribution in [3.8, 4) is 0 Å². The molecule has 3 aliphatic rings. The average molecular weight is 382 g/mol. The maximum atomic E-state index is 13.7. The zero-order chi connectivity index (χ0) is 18.6. The number of thioether (sulfide) groups is 1. The first kappa shape index (κ1) is 16.8. The number of para-hydroxylation sites is 1. The van der Waals surface area contributed by atoms with Crippen molar-refractivity contribution in [1.82, 2.24) is 4.90 Å². The predicted octanol–water partition coefficient (Wildman–Crippen LogP) is 3.51. The van der Waals surface area contributed by atoms with Crippen LogP contribution in [0.15, 0.2) is 48.5 Å². The number of anilines is 1. The van der Waals surface area contributed by atoms with E-state index in [1.165, 1.54) is 12.1 Å². The van der Waals surface area contributed by atoms with Crippen molar-refractivity contribution in [3.63, 3.8) is 0 Å². The summed E-state index contributed by atoms with van der Waals surface area (Å²) in [7, 11) is 0. The van der Waals surface area contributed by atoms with E-state index >= 15 is 0 Å². The van der Waals surface area contributed by atoms with Gasteiger partial charge >= 0.3 is 0 Å². The molecule has 1 spiro atoms. The third-order valence-electron chi connectivity index (χ3n) is 5.55. The molecule has 0 unspecified atom stereocenters. The quantitative estimate of drug-likeness (QED) is 0.816. The number of halogens is 1. The minimum Gasteiger partial charge on any atom is -0.315 e. The van der Waals surface area contributed by atoms with Crippen molar-refractivity contribution >= 4 is 29.3 Å². The first-order valence-electron chi connectivity index (χ1n) is 9.22. The molecule has 1 aliphatic carbocycles. The van der Waals surface area contributed by atoms with Gasteiger partial charge in [-0.2, -0.15) is 0 Å². The van der Waals surface area contributed by atoms with Gasteiger partial charge < -0.3 is 9.80 Å². The van der Waals surface area contributed by atoms with Gasteiger partial charge in [-0.3, -0.25) is 9.59 Å². The van der Waals surface area contributed by atoms with Crippen molar-refractivity contribution in [3.05, 3.63) is 65.5 Å². The Balaban J connectivity index is 1.56. The van der Waals surface area contributed by atoms with Gasteiger partial charge in [-0.15, -0.1) is 11.8 Å². The summed E-state index contributed by atoms with van der Waals surface area (Å²) < 4.78 is 13.3. The number of carbonyl (C=O) groups is 2. The number of rotatable bonds is 3. The van der Waals surface area contributed by atoms with E-state index in [2.05, 4.69) is 0 Å². The van der Waals surface area contributed by atoms with Gasteiger partial charge in [0.05, 0.1) is 12.2 Å². The van der Waals surface area contributed by atoms with Gasteiger partial charge in [0, 0.05) is 23.8 Å². The molecule has 6 heteroatoms. The molecule has 138 valence electrons. The van der Waals surface area contributed by atoms with E-state index in [0.717, 1.165) is 35.4 Å². The highest BCUT2D eigenvalue weighted by Crippen LogP contribution is 2.55. The lowest BCUT2D eigenvalue weighted by Gasteiger charge is -2.33. The highest BCUT2D eigenvalue weighted by Gasteiger charge is 2.60. The Morgan fingerprint density at radius 1 is 1.15 bits per heavy atom. The molecule has 2 aliphatic heterocycles. The van der Waals surface area contributed by atoms with Crippen LogP contribution in [0.2, 0.25) is 0 Å². The molecule has 4 nitrogen and oxygen atoms in total. The molecule has 2 fully saturated rings. The van der Waals surface area contributed by atoms with Crippen LogP contribution in [0.25, 0.3) is 0 Å². The Bertz CT molecular complexity index is 928. The highest BCUT2D eigenvalue weighted by atomic mass is 32.2. The maximum absolute atomic E-state index is 13.7. The zero-order valence-corrected chi connectivity index (χ0v) is 15.5. The van der Waals surface area contributed by atoms with Crippen LogP contribution >= 0.6 is 11.8 Å². The topological polar surface area (TPSA) is 40.6 Å². The van der Waals surface area contributed by atoms with Gasteiger partial charge in [-0.05, 0) is 36.6 Å².